The van der Waals surface area contributed by atoms with Crippen molar-refractivity contribution < 1.29 is 9.90 Å². The Labute approximate surface area is 115 Å². The normalized spacial score (nSPS) is 14.6. The molecular formula is C14H25N3O2. The van der Waals surface area contributed by atoms with Crippen LogP contribution in [0.2, 0.25) is 0 Å². The fourth-order valence-electron chi connectivity index (χ4n) is 2.22. The summed E-state index contributed by atoms with van der Waals surface area (Å²) in [5.74, 6) is 0.221. The van der Waals surface area contributed by atoms with E-state index < -0.39 is 11.5 Å². The Hall–Kier alpha value is -1.36. The first kappa shape index (κ1) is 15.7. The summed E-state index contributed by atoms with van der Waals surface area (Å²) in [5.41, 5.74) is -0.901. The molecule has 2 N–H and O–H groups in total. The zero-order valence-electron chi connectivity index (χ0n) is 12.3. The van der Waals surface area contributed by atoms with Gasteiger partial charge in [-0.05, 0) is 33.6 Å². The van der Waals surface area contributed by atoms with Crippen molar-refractivity contribution in [1.29, 1.82) is 0 Å². The molecule has 1 unspecified atom stereocenters. The molecule has 1 rings (SSSR count). The number of carboxylic acids is 1. The van der Waals surface area contributed by atoms with Crippen LogP contribution in [-0.2, 0) is 17.8 Å². The highest BCUT2D eigenvalue weighted by atomic mass is 16.4. The molecular weight excluding hydrogens is 242 g/mol. The van der Waals surface area contributed by atoms with Gasteiger partial charge in [-0.1, -0.05) is 6.92 Å². The molecule has 1 heterocycles. The summed E-state index contributed by atoms with van der Waals surface area (Å²) >= 11 is 0. The molecule has 0 bridgehead atoms. The maximum absolute atomic E-state index is 11.4. The third-order valence-electron chi connectivity index (χ3n) is 3.21. The molecule has 0 aliphatic carbocycles. The van der Waals surface area contributed by atoms with Gasteiger partial charge < -0.3 is 9.67 Å². The summed E-state index contributed by atoms with van der Waals surface area (Å²) < 4.78 is 2.05. The van der Waals surface area contributed by atoms with Gasteiger partial charge in [0.1, 0.15) is 11.4 Å². The SMILES string of the molecule is CCCc1nccn1CCC(C)(NC(C)C)C(=O)O. The van der Waals surface area contributed by atoms with E-state index in [0.29, 0.717) is 13.0 Å². The van der Waals surface area contributed by atoms with E-state index in [-0.39, 0.29) is 6.04 Å². The van der Waals surface area contributed by atoms with Crippen LogP contribution >= 0.6 is 0 Å². The summed E-state index contributed by atoms with van der Waals surface area (Å²) in [7, 11) is 0. The van der Waals surface area contributed by atoms with Crippen molar-refractivity contribution in [2.24, 2.45) is 0 Å². The lowest BCUT2D eigenvalue weighted by atomic mass is 9.97. The predicted molar refractivity (Wildman–Crippen MR) is 75.2 cm³/mol. The van der Waals surface area contributed by atoms with Gasteiger partial charge in [-0.3, -0.25) is 10.1 Å². The third kappa shape index (κ3) is 4.35. The molecule has 5 nitrogen and oxygen atoms in total. The highest BCUT2D eigenvalue weighted by Gasteiger charge is 2.33. The van der Waals surface area contributed by atoms with Crippen LogP contribution in [0.15, 0.2) is 12.4 Å². The van der Waals surface area contributed by atoms with Gasteiger partial charge in [-0.25, -0.2) is 4.98 Å². The maximum atomic E-state index is 11.4. The van der Waals surface area contributed by atoms with Crippen molar-refractivity contribution in [1.82, 2.24) is 14.9 Å². The summed E-state index contributed by atoms with van der Waals surface area (Å²) in [6.45, 7) is 8.44. The minimum Gasteiger partial charge on any atom is -0.480 e. The number of carboxylic acid groups (broad SMARTS) is 1. The van der Waals surface area contributed by atoms with Crippen LogP contribution in [-0.4, -0.2) is 32.2 Å². The largest absolute Gasteiger partial charge is 0.480 e. The summed E-state index contributed by atoms with van der Waals surface area (Å²) in [6, 6.07) is 0.138. The van der Waals surface area contributed by atoms with Crippen molar-refractivity contribution in [3.8, 4) is 0 Å². The second kappa shape index (κ2) is 6.70. The minimum atomic E-state index is -0.901. The lowest BCUT2D eigenvalue weighted by molar-refractivity contribution is -0.144. The number of aromatic nitrogens is 2. The Balaban J connectivity index is 2.71. The van der Waals surface area contributed by atoms with Crippen LogP contribution in [0.1, 0.15) is 46.4 Å². The van der Waals surface area contributed by atoms with Gasteiger partial charge in [-0.15, -0.1) is 0 Å². The first-order valence-corrected chi connectivity index (χ1v) is 6.90. The van der Waals surface area contributed by atoms with E-state index in [4.69, 9.17) is 0 Å². The highest BCUT2D eigenvalue weighted by Crippen LogP contribution is 2.14. The molecule has 1 aromatic heterocycles. The zero-order valence-corrected chi connectivity index (χ0v) is 12.3. The quantitative estimate of drug-likeness (QED) is 0.756. The molecule has 5 heteroatoms. The Bertz CT molecular complexity index is 415. The van der Waals surface area contributed by atoms with Gasteiger partial charge >= 0.3 is 5.97 Å². The molecule has 0 saturated carbocycles. The van der Waals surface area contributed by atoms with Crippen LogP contribution in [0, 0.1) is 0 Å². The molecule has 0 saturated heterocycles. The number of carbonyl (C=O) groups is 1. The Morgan fingerprint density at radius 2 is 2.26 bits per heavy atom. The van der Waals surface area contributed by atoms with Gasteiger partial charge in [0.05, 0.1) is 0 Å². The molecule has 1 aromatic rings. The molecule has 0 radical (unpaired) electrons. The fourth-order valence-corrected chi connectivity index (χ4v) is 2.22. The molecule has 1 atom stereocenters. The van der Waals surface area contributed by atoms with Gasteiger partial charge in [-0.2, -0.15) is 0 Å². The molecule has 0 aliphatic heterocycles. The van der Waals surface area contributed by atoms with Gasteiger partial charge in [0.2, 0.25) is 0 Å². The van der Waals surface area contributed by atoms with Crippen LogP contribution in [0.25, 0.3) is 0 Å². The summed E-state index contributed by atoms with van der Waals surface area (Å²) in [6.07, 6.45) is 6.20. The first-order chi connectivity index (χ1) is 8.89. The first-order valence-electron chi connectivity index (χ1n) is 6.90. The van der Waals surface area contributed by atoms with E-state index in [1.807, 2.05) is 24.6 Å². The Morgan fingerprint density at radius 3 is 2.79 bits per heavy atom. The average Bonchev–Trinajstić information content (AvgIpc) is 2.73. The Kier molecular flexibility index (Phi) is 5.54. The molecule has 0 aliphatic rings. The molecule has 0 amide bonds. The van der Waals surface area contributed by atoms with Gasteiger partial charge in [0.25, 0.3) is 0 Å². The van der Waals surface area contributed by atoms with E-state index in [9.17, 15) is 9.90 Å². The number of hydrogen-bond acceptors (Lipinski definition) is 3. The second-order valence-corrected chi connectivity index (χ2v) is 5.47. The number of aliphatic carboxylic acids is 1. The Morgan fingerprint density at radius 1 is 1.58 bits per heavy atom. The van der Waals surface area contributed by atoms with Crippen molar-refractivity contribution in [3.05, 3.63) is 18.2 Å². The van der Waals surface area contributed by atoms with Gasteiger partial charge in [0.15, 0.2) is 0 Å². The average molecular weight is 267 g/mol. The number of hydrogen-bond donors (Lipinski definition) is 2. The van der Waals surface area contributed by atoms with Crippen LogP contribution in [0.5, 0.6) is 0 Å². The smallest absolute Gasteiger partial charge is 0.323 e. The lowest BCUT2D eigenvalue weighted by Gasteiger charge is -2.29. The van der Waals surface area contributed by atoms with E-state index in [0.717, 1.165) is 18.7 Å². The molecule has 19 heavy (non-hydrogen) atoms. The second-order valence-electron chi connectivity index (χ2n) is 5.47. The van der Waals surface area contributed by atoms with Crippen molar-refractivity contribution in [2.75, 3.05) is 0 Å². The molecule has 108 valence electrons. The maximum Gasteiger partial charge on any atom is 0.323 e. The van der Waals surface area contributed by atoms with Crippen LogP contribution < -0.4 is 5.32 Å². The summed E-state index contributed by atoms with van der Waals surface area (Å²) in [5, 5.41) is 12.5. The van der Waals surface area contributed by atoms with Crippen molar-refractivity contribution in [3.63, 3.8) is 0 Å². The molecule has 0 spiro atoms. The van der Waals surface area contributed by atoms with Crippen molar-refractivity contribution >= 4 is 5.97 Å². The summed E-state index contributed by atoms with van der Waals surface area (Å²) in [4.78, 5) is 15.7. The monoisotopic (exact) mass is 267 g/mol. The van der Waals surface area contributed by atoms with E-state index in [2.05, 4.69) is 17.2 Å². The molecule has 0 fully saturated rings. The minimum absolute atomic E-state index is 0.138. The predicted octanol–water partition coefficient (Wildman–Crippen LogP) is 2.07. The topological polar surface area (TPSA) is 67.2 Å². The van der Waals surface area contributed by atoms with Crippen LogP contribution in [0.3, 0.4) is 0 Å². The number of rotatable bonds is 8. The van der Waals surface area contributed by atoms with Crippen molar-refractivity contribution in [2.45, 2.75) is 65.1 Å². The third-order valence-corrected chi connectivity index (χ3v) is 3.21. The number of nitrogens with zero attached hydrogens (tertiary/aromatic N) is 2. The highest BCUT2D eigenvalue weighted by molar-refractivity contribution is 5.78. The number of nitrogens with one attached hydrogen (secondary N) is 1. The number of aryl methyl sites for hydroxylation is 2. The van der Waals surface area contributed by atoms with Gasteiger partial charge in [0, 0.05) is 31.4 Å². The standard InChI is InChI=1S/C14H25N3O2/c1-5-6-12-15-8-10-17(12)9-7-14(4,13(18)19)16-11(2)3/h8,10-11,16H,5-7,9H2,1-4H3,(H,18,19). The molecule has 0 aromatic carbocycles. The van der Waals surface area contributed by atoms with E-state index in [1.54, 1.807) is 13.1 Å². The van der Waals surface area contributed by atoms with E-state index in [1.165, 1.54) is 0 Å². The fraction of sp³-hybridized carbons (Fsp3) is 0.714. The number of imidazole rings is 1. The van der Waals surface area contributed by atoms with Crippen LogP contribution in [0.4, 0.5) is 0 Å². The lowest BCUT2D eigenvalue weighted by Crippen LogP contribution is -2.52. The zero-order chi connectivity index (χ0) is 14.5. The van der Waals surface area contributed by atoms with E-state index >= 15 is 0 Å².